The highest BCUT2D eigenvalue weighted by atomic mass is 32.2. The van der Waals surface area contributed by atoms with E-state index in [-0.39, 0.29) is 11.5 Å². The molecule has 0 aromatic heterocycles. The number of benzene rings is 1. The lowest BCUT2D eigenvalue weighted by molar-refractivity contribution is 0.0305. The lowest BCUT2D eigenvalue weighted by Gasteiger charge is -2.11. The van der Waals surface area contributed by atoms with Gasteiger partial charge in [0.1, 0.15) is 6.17 Å². The Balaban J connectivity index is 2.17. The van der Waals surface area contributed by atoms with Gasteiger partial charge in [0.15, 0.2) is 6.17 Å². The van der Waals surface area contributed by atoms with Gasteiger partial charge in [-0.2, -0.15) is 0 Å². The Morgan fingerprint density at radius 2 is 1.75 bits per heavy atom. The fraction of sp³-hybridized carbons (Fsp3) is 0.500. The molecule has 0 aliphatic rings. The van der Waals surface area contributed by atoms with Crippen molar-refractivity contribution in [1.29, 1.82) is 0 Å². The van der Waals surface area contributed by atoms with Crippen molar-refractivity contribution >= 4 is 16.9 Å². The van der Waals surface area contributed by atoms with E-state index in [2.05, 4.69) is 0 Å². The fourth-order valence-electron chi connectivity index (χ4n) is 1.59. The van der Waals surface area contributed by atoms with Gasteiger partial charge in [-0.1, -0.05) is 42.1 Å². The van der Waals surface area contributed by atoms with Crippen LogP contribution in [0, 0.1) is 0 Å². The Morgan fingerprint density at radius 3 is 2.35 bits per heavy atom. The highest BCUT2D eigenvalue weighted by Gasteiger charge is 2.23. The standard InChI is InChI=1S/C14H16F4OS/c15-11(9-12(16)13(17)18)7-4-8-20-14(19)10-5-2-1-3-6-10/h1-3,5-6,11-13H,4,7-9H2. The lowest BCUT2D eigenvalue weighted by Crippen LogP contribution is -2.18. The van der Waals surface area contributed by atoms with Crippen molar-refractivity contribution in [2.75, 3.05) is 5.75 Å². The molecule has 0 aliphatic carbocycles. The number of halogens is 4. The van der Waals surface area contributed by atoms with Crippen LogP contribution in [0.15, 0.2) is 30.3 Å². The van der Waals surface area contributed by atoms with Gasteiger partial charge in [-0.25, -0.2) is 17.6 Å². The molecule has 0 saturated heterocycles. The van der Waals surface area contributed by atoms with E-state index >= 15 is 0 Å². The number of carbonyl (C=O) groups excluding carboxylic acids is 1. The predicted molar refractivity (Wildman–Crippen MR) is 72.9 cm³/mol. The molecule has 2 atom stereocenters. The van der Waals surface area contributed by atoms with E-state index in [9.17, 15) is 22.4 Å². The van der Waals surface area contributed by atoms with Gasteiger partial charge in [-0.15, -0.1) is 0 Å². The third-order valence-corrected chi connectivity index (χ3v) is 3.65. The zero-order valence-electron chi connectivity index (χ0n) is 10.8. The first-order valence-electron chi connectivity index (χ1n) is 6.29. The summed E-state index contributed by atoms with van der Waals surface area (Å²) < 4.78 is 49.5. The van der Waals surface area contributed by atoms with Crippen LogP contribution in [0.4, 0.5) is 17.6 Å². The lowest BCUT2D eigenvalue weighted by atomic mass is 10.1. The average Bonchev–Trinajstić information content (AvgIpc) is 2.44. The maximum Gasteiger partial charge on any atom is 0.269 e. The van der Waals surface area contributed by atoms with Gasteiger partial charge in [-0.3, -0.25) is 4.79 Å². The maximum atomic E-state index is 13.2. The second-order valence-corrected chi connectivity index (χ2v) is 5.40. The molecule has 0 heterocycles. The Hall–Kier alpha value is -1.04. The summed E-state index contributed by atoms with van der Waals surface area (Å²) in [6.45, 7) is 0. The van der Waals surface area contributed by atoms with E-state index < -0.39 is 25.2 Å². The SMILES string of the molecule is O=C(SCCCC(F)CC(F)C(F)F)c1ccccc1. The molecule has 0 spiro atoms. The maximum absolute atomic E-state index is 13.2. The average molecular weight is 308 g/mol. The van der Waals surface area contributed by atoms with Crippen molar-refractivity contribution < 1.29 is 22.4 Å². The Kier molecular flexibility index (Phi) is 7.65. The summed E-state index contributed by atoms with van der Waals surface area (Å²) in [5.74, 6) is 0.389. The van der Waals surface area contributed by atoms with Gasteiger partial charge in [0.2, 0.25) is 5.12 Å². The van der Waals surface area contributed by atoms with Crippen LogP contribution in [0.25, 0.3) is 0 Å². The van der Waals surface area contributed by atoms with Crippen molar-refractivity contribution in [3.8, 4) is 0 Å². The quantitative estimate of drug-likeness (QED) is 0.513. The fourth-order valence-corrected chi connectivity index (χ4v) is 2.39. The molecule has 0 fully saturated rings. The number of hydrogen-bond acceptors (Lipinski definition) is 2. The molecule has 1 aromatic carbocycles. The Morgan fingerprint density at radius 1 is 1.10 bits per heavy atom. The molecule has 0 aliphatic heterocycles. The molecule has 0 saturated carbocycles. The van der Waals surface area contributed by atoms with Gasteiger partial charge in [-0.05, 0) is 12.8 Å². The van der Waals surface area contributed by atoms with Crippen LogP contribution in [0.5, 0.6) is 0 Å². The van der Waals surface area contributed by atoms with Crippen LogP contribution in [0.1, 0.15) is 29.6 Å². The van der Waals surface area contributed by atoms with E-state index in [4.69, 9.17) is 0 Å². The molecular formula is C14H16F4OS. The molecule has 2 unspecified atom stereocenters. The van der Waals surface area contributed by atoms with Crippen molar-refractivity contribution in [2.24, 2.45) is 0 Å². The molecule has 20 heavy (non-hydrogen) atoms. The topological polar surface area (TPSA) is 17.1 Å². The smallest absolute Gasteiger partial charge is 0.269 e. The van der Waals surface area contributed by atoms with Crippen LogP contribution in [0.2, 0.25) is 0 Å². The Labute approximate surface area is 119 Å². The minimum Gasteiger partial charge on any atom is -0.282 e. The van der Waals surface area contributed by atoms with E-state index in [0.717, 1.165) is 11.8 Å². The highest BCUT2D eigenvalue weighted by molar-refractivity contribution is 8.14. The van der Waals surface area contributed by atoms with Gasteiger partial charge >= 0.3 is 0 Å². The zero-order chi connectivity index (χ0) is 15.0. The minimum absolute atomic E-state index is 0.0117. The van der Waals surface area contributed by atoms with E-state index in [1.807, 2.05) is 0 Å². The highest BCUT2D eigenvalue weighted by Crippen LogP contribution is 2.19. The van der Waals surface area contributed by atoms with Crippen molar-refractivity contribution in [1.82, 2.24) is 0 Å². The number of alkyl halides is 4. The normalized spacial score (nSPS) is 14.2. The molecule has 0 bridgehead atoms. The summed E-state index contributed by atoms with van der Waals surface area (Å²) in [6.07, 6.45) is -7.59. The van der Waals surface area contributed by atoms with E-state index in [0.29, 0.717) is 17.7 Å². The number of hydrogen-bond donors (Lipinski definition) is 0. The number of thioether (sulfide) groups is 1. The third kappa shape index (κ3) is 6.41. The second kappa shape index (κ2) is 9.00. The molecule has 1 rings (SSSR count). The van der Waals surface area contributed by atoms with Crippen LogP contribution in [-0.2, 0) is 0 Å². The first-order valence-corrected chi connectivity index (χ1v) is 7.27. The summed E-state index contributed by atoms with van der Waals surface area (Å²) in [7, 11) is 0. The second-order valence-electron chi connectivity index (χ2n) is 4.33. The molecule has 0 N–H and O–H groups in total. The van der Waals surface area contributed by atoms with Crippen LogP contribution in [-0.4, -0.2) is 29.6 Å². The first kappa shape index (κ1) is 17.0. The van der Waals surface area contributed by atoms with Crippen molar-refractivity contribution in [3.63, 3.8) is 0 Å². The van der Waals surface area contributed by atoms with Crippen molar-refractivity contribution in [2.45, 2.75) is 38.0 Å². The van der Waals surface area contributed by atoms with Gasteiger partial charge in [0.25, 0.3) is 6.43 Å². The minimum atomic E-state index is -3.14. The molecule has 1 nitrogen and oxygen atoms in total. The monoisotopic (exact) mass is 308 g/mol. The molecule has 1 aromatic rings. The summed E-state index contributed by atoms with van der Waals surface area (Å²) in [6, 6.07) is 8.66. The summed E-state index contributed by atoms with van der Waals surface area (Å²) in [4.78, 5) is 11.7. The largest absolute Gasteiger partial charge is 0.282 e. The van der Waals surface area contributed by atoms with Gasteiger partial charge in [0, 0.05) is 17.7 Å². The predicted octanol–water partition coefficient (Wildman–Crippen LogP) is 4.67. The molecule has 112 valence electrons. The molecule has 6 heteroatoms. The summed E-state index contributed by atoms with van der Waals surface area (Å²) in [5.41, 5.74) is 0.566. The first-order chi connectivity index (χ1) is 9.50. The summed E-state index contributed by atoms with van der Waals surface area (Å²) >= 11 is 1.05. The van der Waals surface area contributed by atoms with E-state index in [1.165, 1.54) is 0 Å². The number of carbonyl (C=O) groups is 1. The Bertz CT molecular complexity index is 399. The molecule has 0 amide bonds. The van der Waals surface area contributed by atoms with E-state index in [1.54, 1.807) is 30.3 Å². The third-order valence-electron chi connectivity index (χ3n) is 2.66. The van der Waals surface area contributed by atoms with Crippen molar-refractivity contribution in [3.05, 3.63) is 35.9 Å². The van der Waals surface area contributed by atoms with Crippen LogP contribution >= 0.6 is 11.8 Å². The molecular weight excluding hydrogens is 292 g/mol. The van der Waals surface area contributed by atoms with Gasteiger partial charge < -0.3 is 0 Å². The van der Waals surface area contributed by atoms with Gasteiger partial charge in [0.05, 0.1) is 0 Å². The zero-order valence-corrected chi connectivity index (χ0v) is 11.6. The van der Waals surface area contributed by atoms with Crippen LogP contribution < -0.4 is 0 Å². The summed E-state index contributed by atoms with van der Waals surface area (Å²) in [5, 5.41) is -0.114. The molecule has 0 radical (unpaired) electrons. The van der Waals surface area contributed by atoms with Crippen LogP contribution in [0.3, 0.4) is 0 Å². The number of rotatable bonds is 8.